The number of carbonyl (C=O) groups excluding carboxylic acids is 1. The van der Waals surface area contributed by atoms with E-state index in [-0.39, 0.29) is 5.56 Å². The highest BCUT2D eigenvalue weighted by Gasteiger charge is 2.12. The van der Waals surface area contributed by atoms with Crippen LogP contribution in [0, 0.1) is 0 Å². The molecule has 0 fully saturated rings. The van der Waals surface area contributed by atoms with E-state index in [4.69, 9.17) is 16.3 Å². The highest BCUT2D eigenvalue weighted by Crippen LogP contribution is 2.26. The Morgan fingerprint density at radius 3 is 2.75 bits per heavy atom. The summed E-state index contributed by atoms with van der Waals surface area (Å²) in [5.74, 6) is 0.0381. The number of nitrogens with one attached hydrogen (secondary N) is 1. The number of rotatable bonds is 6. The van der Waals surface area contributed by atoms with Crippen LogP contribution in [0.15, 0.2) is 88.9 Å². The lowest BCUT2D eigenvalue weighted by atomic mass is 10.0. The molecule has 7 heteroatoms. The summed E-state index contributed by atoms with van der Waals surface area (Å²) in [6.07, 6.45) is 3.15. The largest absolute Gasteiger partial charge is 0.496 e. The van der Waals surface area contributed by atoms with E-state index < -0.39 is 11.5 Å². The van der Waals surface area contributed by atoms with Crippen molar-refractivity contribution in [2.24, 2.45) is 5.10 Å². The number of ether oxygens (including phenoxy) is 1. The molecular weight excluding hydrogens is 426 g/mol. The Morgan fingerprint density at radius 1 is 1.09 bits per heavy atom. The van der Waals surface area contributed by atoms with Gasteiger partial charge < -0.3 is 9.30 Å². The molecule has 0 atom stereocenters. The molecule has 1 heterocycles. The molecule has 1 N–H and O–H groups in total. The van der Waals surface area contributed by atoms with Gasteiger partial charge in [0.2, 0.25) is 0 Å². The van der Waals surface area contributed by atoms with Gasteiger partial charge in [-0.1, -0.05) is 54.1 Å². The summed E-state index contributed by atoms with van der Waals surface area (Å²) < 4.78 is 6.89. The maximum atomic E-state index is 12.8. The first-order valence-corrected chi connectivity index (χ1v) is 10.3. The van der Waals surface area contributed by atoms with Crippen molar-refractivity contribution in [2.45, 2.75) is 6.54 Å². The van der Waals surface area contributed by atoms with E-state index in [1.807, 2.05) is 48.5 Å². The van der Waals surface area contributed by atoms with Gasteiger partial charge in [-0.3, -0.25) is 9.59 Å². The summed E-state index contributed by atoms with van der Waals surface area (Å²) in [6, 6.07) is 22.0. The average molecular weight is 446 g/mol. The Morgan fingerprint density at radius 2 is 1.94 bits per heavy atom. The predicted octanol–water partition coefficient (Wildman–Crippen LogP) is 4.48. The van der Waals surface area contributed by atoms with Gasteiger partial charge >= 0.3 is 0 Å². The molecule has 1 amide bonds. The minimum absolute atomic E-state index is 0.00318. The number of carbonyl (C=O) groups is 1. The first-order chi connectivity index (χ1) is 15.6. The highest BCUT2D eigenvalue weighted by atomic mass is 35.5. The molecule has 1 aromatic heterocycles. The molecule has 0 aliphatic rings. The van der Waals surface area contributed by atoms with E-state index in [0.717, 1.165) is 21.9 Å². The molecule has 0 saturated heterocycles. The van der Waals surface area contributed by atoms with Gasteiger partial charge in [0, 0.05) is 16.8 Å². The quantitative estimate of drug-likeness (QED) is 0.351. The molecule has 0 aliphatic carbocycles. The third-order valence-electron chi connectivity index (χ3n) is 5.02. The Kier molecular flexibility index (Phi) is 6.33. The highest BCUT2D eigenvalue weighted by molar-refractivity contribution is 6.30. The number of aromatic nitrogens is 1. The van der Waals surface area contributed by atoms with Gasteiger partial charge in [-0.25, -0.2) is 5.43 Å². The monoisotopic (exact) mass is 445 g/mol. The number of amides is 1. The minimum Gasteiger partial charge on any atom is -0.496 e. The molecule has 0 saturated carbocycles. The van der Waals surface area contributed by atoms with Crippen LogP contribution in [0.1, 0.15) is 21.5 Å². The fraction of sp³-hybridized carbons (Fsp3) is 0.0800. The molecule has 0 bridgehead atoms. The van der Waals surface area contributed by atoms with Gasteiger partial charge in [-0.05, 0) is 46.7 Å². The SMILES string of the molecule is COc1ccc2ccccc2c1/C=N\NC(=O)c1cccn(Cc2cccc(Cl)c2)c1=O. The van der Waals surface area contributed by atoms with Gasteiger partial charge in [-0.2, -0.15) is 5.10 Å². The summed E-state index contributed by atoms with van der Waals surface area (Å²) in [4.78, 5) is 25.4. The fourth-order valence-electron chi connectivity index (χ4n) is 3.47. The van der Waals surface area contributed by atoms with Gasteiger partial charge in [-0.15, -0.1) is 0 Å². The van der Waals surface area contributed by atoms with Crippen LogP contribution < -0.4 is 15.7 Å². The molecular formula is C25H20ClN3O3. The number of hydrazone groups is 1. The second-order valence-corrected chi connectivity index (χ2v) is 7.52. The zero-order valence-electron chi connectivity index (χ0n) is 17.3. The number of nitrogens with zero attached hydrogens (tertiary/aromatic N) is 2. The van der Waals surface area contributed by atoms with Crippen molar-refractivity contribution in [2.75, 3.05) is 7.11 Å². The molecule has 0 spiro atoms. The minimum atomic E-state index is -0.592. The Bertz CT molecular complexity index is 1380. The molecule has 3 aromatic carbocycles. The molecule has 0 aliphatic heterocycles. The van der Waals surface area contributed by atoms with Gasteiger partial charge in [0.25, 0.3) is 11.5 Å². The maximum absolute atomic E-state index is 12.8. The average Bonchev–Trinajstić information content (AvgIpc) is 2.80. The van der Waals surface area contributed by atoms with Crippen molar-refractivity contribution >= 4 is 34.5 Å². The van der Waals surface area contributed by atoms with Crippen molar-refractivity contribution in [3.8, 4) is 5.75 Å². The van der Waals surface area contributed by atoms with Crippen molar-refractivity contribution in [3.63, 3.8) is 0 Å². The first kappa shape index (κ1) is 21.3. The Hall–Kier alpha value is -3.90. The fourth-order valence-corrected chi connectivity index (χ4v) is 3.68. The number of fused-ring (bicyclic) bond motifs is 1. The van der Waals surface area contributed by atoms with E-state index in [0.29, 0.717) is 17.3 Å². The molecule has 4 rings (SSSR count). The van der Waals surface area contributed by atoms with Crippen LogP contribution in [0.2, 0.25) is 5.02 Å². The van der Waals surface area contributed by atoms with Crippen LogP contribution in [-0.2, 0) is 6.54 Å². The van der Waals surface area contributed by atoms with Crippen LogP contribution in [0.25, 0.3) is 10.8 Å². The van der Waals surface area contributed by atoms with Crippen molar-refractivity contribution in [1.82, 2.24) is 9.99 Å². The van der Waals surface area contributed by atoms with Crippen LogP contribution in [0.5, 0.6) is 5.75 Å². The van der Waals surface area contributed by atoms with Gasteiger partial charge in [0.1, 0.15) is 11.3 Å². The Labute approximate surface area is 189 Å². The summed E-state index contributed by atoms with van der Waals surface area (Å²) in [5, 5.41) is 6.62. The molecule has 6 nitrogen and oxygen atoms in total. The smallest absolute Gasteiger partial charge is 0.276 e. The van der Waals surface area contributed by atoms with Gasteiger partial charge in [0.15, 0.2) is 0 Å². The van der Waals surface area contributed by atoms with Crippen LogP contribution in [-0.4, -0.2) is 23.8 Å². The molecule has 0 radical (unpaired) electrons. The molecule has 0 unspecified atom stereocenters. The van der Waals surface area contributed by atoms with Gasteiger partial charge in [0.05, 0.1) is 19.9 Å². The van der Waals surface area contributed by atoms with Crippen LogP contribution in [0.4, 0.5) is 0 Å². The van der Waals surface area contributed by atoms with Crippen LogP contribution in [0.3, 0.4) is 0 Å². The molecule has 4 aromatic rings. The predicted molar refractivity (Wildman–Crippen MR) is 127 cm³/mol. The van der Waals surface area contributed by atoms with Crippen molar-refractivity contribution < 1.29 is 9.53 Å². The van der Waals surface area contributed by atoms with E-state index >= 15 is 0 Å². The second-order valence-electron chi connectivity index (χ2n) is 7.09. The van der Waals surface area contributed by atoms with E-state index in [9.17, 15) is 9.59 Å². The van der Waals surface area contributed by atoms with E-state index in [1.54, 1.807) is 31.5 Å². The standard InChI is InChI=1S/C25H20ClN3O3/c1-32-23-12-11-18-7-2-3-9-20(18)22(23)15-27-28-24(30)21-10-5-13-29(25(21)31)16-17-6-4-8-19(26)14-17/h2-15H,16H2,1H3,(H,28,30)/b27-15-. The number of methoxy groups -OCH3 is 1. The van der Waals surface area contributed by atoms with E-state index in [2.05, 4.69) is 10.5 Å². The summed E-state index contributed by atoms with van der Waals surface area (Å²) in [5.41, 5.74) is 3.62. The topological polar surface area (TPSA) is 72.7 Å². The second kappa shape index (κ2) is 9.49. The number of hydrogen-bond donors (Lipinski definition) is 1. The van der Waals surface area contributed by atoms with Crippen molar-refractivity contribution in [1.29, 1.82) is 0 Å². The summed E-state index contributed by atoms with van der Waals surface area (Å²) in [6.45, 7) is 0.303. The number of halogens is 1. The van der Waals surface area contributed by atoms with E-state index in [1.165, 1.54) is 16.8 Å². The summed E-state index contributed by atoms with van der Waals surface area (Å²) >= 11 is 6.02. The lowest BCUT2D eigenvalue weighted by Gasteiger charge is -2.09. The number of pyridine rings is 1. The van der Waals surface area contributed by atoms with Crippen molar-refractivity contribution in [3.05, 3.63) is 111 Å². The van der Waals surface area contributed by atoms with Crippen LogP contribution >= 0.6 is 11.6 Å². The summed E-state index contributed by atoms with van der Waals surface area (Å²) in [7, 11) is 1.58. The Balaban J connectivity index is 1.56. The number of hydrogen-bond acceptors (Lipinski definition) is 4. The molecule has 160 valence electrons. The third-order valence-corrected chi connectivity index (χ3v) is 5.25. The lowest BCUT2D eigenvalue weighted by Crippen LogP contribution is -2.30. The first-order valence-electron chi connectivity index (χ1n) is 9.90. The number of benzene rings is 3. The maximum Gasteiger partial charge on any atom is 0.276 e. The lowest BCUT2D eigenvalue weighted by molar-refractivity contribution is 0.0953. The third kappa shape index (κ3) is 4.55. The molecule has 32 heavy (non-hydrogen) atoms. The zero-order chi connectivity index (χ0) is 22.5. The normalized spacial score (nSPS) is 11.1. The zero-order valence-corrected chi connectivity index (χ0v) is 18.0.